The van der Waals surface area contributed by atoms with Crippen LogP contribution in [0.1, 0.15) is 30.2 Å². The van der Waals surface area contributed by atoms with Crippen LogP contribution in [-0.2, 0) is 18.3 Å². The third kappa shape index (κ3) is 3.20. The van der Waals surface area contributed by atoms with Crippen LogP contribution < -0.4 is 10.1 Å². The van der Waals surface area contributed by atoms with Gasteiger partial charge in [0.2, 0.25) is 11.8 Å². The minimum absolute atomic E-state index is 0.214. The third-order valence-corrected chi connectivity index (χ3v) is 5.13. The van der Waals surface area contributed by atoms with Crippen molar-refractivity contribution < 1.29 is 9.53 Å². The fourth-order valence-corrected chi connectivity index (χ4v) is 3.69. The molecule has 3 heterocycles. The SMILES string of the molecule is COc1nn(C)c2nc(C)c(CCC(=O)N3CCNC[C@H]3C)c(C)c12. The molecule has 1 aliphatic heterocycles. The van der Waals surface area contributed by atoms with Crippen LogP contribution in [0, 0.1) is 13.8 Å². The Morgan fingerprint density at radius 1 is 1.40 bits per heavy atom. The molecule has 25 heavy (non-hydrogen) atoms. The molecule has 136 valence electrons. The average Bonchev–Trinajstić information content (AvgIpc) is 2.91. The Bertz CT molecular complexity index is 799. The maximum Gasteiger partial charge on any atom is 0.242 e. The highest BCUT2D eigenvalue weighted by Crippen LogP contribution is 2.30. The molecule has 3 rings (SSSR count). The number of carbonyl (C=O) groups excluding carboxylic acids is 1. The number of amides is 1. The van der Waals surface area contributed by atoms with E-state index in [0.717, 1.165) is 47.5 Å². The first-order chi connectivity index (χ1) is 11.9. The Kier molecular flexibility index (Phi) is 4.94. The number of nitrogens with zero attached hydrogens (tertiary/aromatic N) is 4. The van der Waals surface area contributed by atoms with Crippen LogP contribution in [0.15, 0.2) is 0 Å². The Balaban J connectivity index is 1.85. The van der Waals surface area contributed by atoms with Gasteiger partial charge in [-0.1, -0.05) is 0 Å². The lowest BCUT2D eigenvalue weighted by atomic mass is 9.99. The second-order valence-corrected chi connectivity index (χ2v) is 6.77. The first kappa shape index (κ1) is 17.7. The van der Waals surface area contributed by atoms with E-state index in [2.05, 4.69) is 24.3 Å². The smallest absolute Gasteiger partial charge is 0.242 e. The number of ether oxygens (including phenoxy) is 1. The number of nitrogens with one attached hydrogen (secondary N) is 1. The molecule has 0 spiro atoms. The van der Waals surface area contributed by atoms with Crippen LogP contribution in [-0.4, -0.2) is 58.4 Å². The molecular formula is C18H27N5O2. The van der Waals surface area contributed by atoms with Gasteiger partial charge in [0.05, 0.1) is 12.5 Å². The summed E-state index contributed by atoms with van der Waals surface area (Å²) in [6, 6.07) is 0.252. The van der Waals surface area contributed by atoms with Gasteiger partial charge in [0.25, 0.3) is 0 Å². The van der Waals surface area contributed by atoms with Crippen LogP contribution in [0.5, 0.6) is 5.88 Å². The van der Waals surface area contributed by atoms with E-state index < -0.39 is 0 Å². The predicted molar refractivity (Wildman–Crippen MR) is 96.9 cm³/mol. The second-order valence-electron chi connectivity index (χ2n) is 6.77. The monoisotopic (exact) mass is 345 g/mol. The minimum atomic E-state index is 0.214. The molecule has 1 amide bonds. The average molecular weight is 345 g/mol. The van der Waals surface area contributed by atoms with Crippen LogP contribution in [0.3, 0.4) is 0 Å². The van der Waals surface area contributed by atoms with Crippen molar-refractivity contribution in [2.75, 3.05) is 26.7 Å². The first-order valence-electron chi connectivity index (χ1n) is 8.81. The summed E-state index contributed by atoms with van der Waals surface area (Å²) in [5, 5.41) is 8.64. The fourth-order valence-electron chi connectivity index (χ4n) is 3.69. The number of pyridine rings is 1. The molecule has 0 radical (unpaired) electrons. The lowest BCUT2D eigenvalue weighted by molar-refractivity contribution is -0.133. The van der Waals surface area contributed by atoms with Crippen molar-refractivity contribution in [1.82, 2.24) is 25.0 Å². The standard InChI is InChI=1S/C18H27N5O2/c1-11-10-19-8-9-23(11)15(24)7-6-14-12(2)16-17(20-13(14)3)22(4)21-18(16)25-5/h11,19H,6-10H2,1-5H3/t11-/m1/s1. The summed E-state index contributed by atoms with van der Waals surface area (Å²) in [4.78, 5) is 19.3. The van der Waals surface area contributed by atoms with Gasteiger partial charge in [-0.05, 0) is 38.3 Å². The molecule has 0 bridgehead atoms. The van der Waals surface area contributed by atoms with Gasteiger partial charge < -0.3 is 15.0 Å². The van der Waals surface area contributed by atoms with E-state index in [0.29, 0.717) is 18.7 Å². The number of aryl methyl sites for hydroxylation is 3. The van der Waals surface area contributed by atoms with Gasteiger partial charge in [-0.15, -0.1) is 5.10 Å². The summed E-state index contributed by atoms with van der Waals surface area (Å²) in [5.41, 5.74) is 4.00. The number of rotatable bonds is 4. The highest BCUT2D eigenvalue weighted by molar-refractivity contribution is 5.86. The van der Waals surface area contributed by atoms with Crippen molar-refractivity contribution in [2.24, 2.45) is 7.05 Å². The number of methoxy groups -OCH3 is 1. The quantitative estimate of drug-likeness (QED) is 0.905. The number of aromatic nitrogens is 3. The predicted octanol–water partition coefficient (Wildman–Crippen LogP) is 1.35. The molecule has 0 aliphatic carbocycles. The zero-order valence-corrected chi connectivity index (χ0v) is 15.7. The molecule has 1 fully saturated rings. The van der Waals surface area contributed by atoms with E-state index in [1.807, 2.05) is 18.9 Å². The highest BCUT2D eigenvalue weighted by Gasteiger charge is 2.24. The van der Waals surface area contributed by atoms with Gasteiger partial charge in [-0.2, -0.15) is 0 Å². The van der Waals surface area contributed by atoms with Crippen molar-refractivity contribution in [2.45, 2.75) is 39.7 Å². The number of hydrogen-bond acceptors (Lipinski definition) is 5. The number of fused-ring (bicyclic) bond motifs is 1. The van der Waals surface area contributed by atoms with Gasteiger partial charge in [-0.25, -0.2) is 9.67 Å². The minimum Gasteiger partial charge on any atom is -0.479 e. The summed E-state index contributed by atoms with van der Waals surface area (Å²) in [5.74, 6) is 0.803. The molecule has 1 atom stereocenters. The van der Waals surface area contributed by atoms with Crippen LogP contribution in [0.4, 0.5) is 0 Å². The molecule has 0 unspecified atom stereocenters. The molecule has 0 saturated carbocycles. The second kappa shape index (κ2) is 7.00. The summed E-state index contributed by atoms with van der Waals surface area (Å²) in [6.45, 7) is 8.67. The third-order valence-electron chi connectivity index (χ3n) is 5.13. The highest BCUT2D eigenvalue weighted by atomic mass is 16.5. The van der Waals surface area contributed by atoms with Gasteiger partial charge in [-0.3, -0.25) is 4.79 Å². The van der Waals surface area contributed by atoms with E-state index >= 15 is 0 Å². The van der Waals surface area contributed by atoms with Gasteiger partial charge in [0.15, 0.2) is 5.65 Å². The summed E-state index contributed by atoms with van der Waals surface area (Å²) < 4.78 is 7.15. The van der Waals surface area contributed by atoms with E-state index in [9.17, 15) is 4.79 Å². The van der Waals surface area contributed by atoms with Crippen molar-refractivity contribution in [3.8, 4) is 5.88 Å². The molecular weight excluding hydrogens is 318 g/mol. The lowest BCUT2D eigenvalue weighted by Gasteiger charge is -2.34. The van der Waals surface area contributed by atoms with Crippen molar-refractivity contribution in [1.29, 1.82) is 0 Å². The zero-order valence-electron chi connectivity index (χ0n) is 15.7. The molecule has 2 aromatic rings. The molecule has 2 aromatic heterocycles. The normalized spacial score (nSPS) is 18.0. The largest absolute Gasteiger partial charge is 0.479 e. The fraction of sp³-hybridized carbons (Fsp3) is 0.611. The van der Waals surface area contributed by atoms with Crippen molar-refractivity contribution >= 4 is 16.9 Å². The summed E-state index contributed by atoms with van der Waals surface area (Å²) in [6.07, 6.45) is 1.19. The Labute approximate surface area is 148 Å². The van der Waals surface area contributed by atoms with Crippen LogP contribution in [0.25, 0.3) is 11.0 Å². The summed E-state index contributed by atoms with van der Waals surface area (Å²) >= 11 is 0. The van der Waals surface area contributed by atoms with Crippen LogP contribution >= 0.6 is 0 Å². The van der Waals surface area contributed by atoms with E-state index in [-0.39, 0.29) is 11.9 Å². The van der Waals surface area contributed by atoms with E-state index in [1.165, 1.54) is 0 Å². The summed E-state index contributed by atoms with van der Waals surface area (Å²) in [7, 11) is 3.49. The van der Waals surface area contributed by atoms with E-state index in [1.54, 1.807) is 11.8 Å². The maximum atomic E-state index is 12.6. The topological polar surface area (TPSA) is 72.3 Å². The Hall–Kier alpha value is -2.15. The Morgan fingerprint density at radius 3 is 2.84 bits per heavy atom. The zero-order chi connectivity index (χ0) is 18.1. The molecule has 7 heteroatoms. The molecule has 1 N–H and O–H groups in total. The molecule has 1 aliphatic rings. The molecule has 1 saturated heterocycles. The van der Waals surface area contributed by atoms with Crippen molar-refractivity contribution in [3.63, 3.8) is 0 Å². The van der Waals surface area contributed by atoms with Gasteiger partial charge in [0, 0.05) is 44.8 Å². The van der Waals surface area contributed by atoms with Crippen LogP contribution in [0.2, 0.25) is 0 Å². The first-order valence-corrected chi connectivity index (χ1v) is 8.81. The molecule has 0 aromatic carbocycles. The number of hydrogen-bond donors (Lipinski definition) is 1. The van der Waals surface area contributed by atoms with Gasteiger partial charge in [0.1, 0.15) is 0 Å². The molecule has 7 nitrogen and oxygen atoms in total. The number of piperazine rings is 1. The Morgan fingerprint density at radius 2 is 2.16 bits per heavy atom. The van der Waals surface area contributed by atoms with Crippen molar-refractivity contribution in [3.05, 3.63) is 16.8 Å². The maximum absolute atomic E-state index is 12.6. The number of carbonyl (C=O) groups is 1. The lowest BCUT2D eigenvalue weighted by Crippen LogP contribution is -2.52. The van der Waals surface area contributed by atoms with E-state index in [4.69, 9.17) is 9.72 Å². The van der Waals surface area contributed by atoms with Gasteiger partial charge >= 0.3 is 0 Å².